The van der Waals surface area contributed by atoms with Gasteiger partial charge in [0.2, 0.25) is 0 Å². The lowest BCUT2D eigenvalue weighted by Gasteiger charge is -2.14. The second-order valence-electron chi connectivity index (χ2n) is 5.08. The number of aryl methyl sites for hydroxylation is 4. The highest BCUT2D eigenvalue weighted by Gasteiger charge is 2.07. The number of halogens is 1. The summed E-state index contributed by atoms with van der Waals surface area (Å²) in [6, 6.07) is 8.91. The van der Waals surface area contributed by atoms with Crippen molar-refractivity contribution in [1.82, 2.24) is 0 Å². The molecule has 0 amide bonds. The quantitative estimate of drug-likeness (QED) is 0.779. The molecule has 0 heterocycles. The van der Waals surface area contributed by atoms with Gasteiger partial charge in [0.15, 0.2) is 0 Å². The Morgan fingerprint density at radius 3 is 2.16 bits per heavy atom. The first-order chi connectivity index (χ1) is 8.97. The highest BCUT2D eigenvalue weighted by molar-refractivity contribution is 5.38. The van der Waals surface area contributed by atoms with Crippen LogP contribution < -0.4 is 4.74 Å². The molecule has 0 radical (unpaired) electrons. The van der Waals surface area contributed by atoms with Gasteiger partial charge in [-0.05, 0) is 56.0 Å². The lowest BCUT2D eigenvalue weighted by Crippen LogP contribution is -2.02. The van der Waals surface area contributed by atoms with Crippen molar-refractivity contribution in [3.63, 3.8) is 0 Å². The molecule has 0 spiro atoms. The zero-order valence-electron chi connectivity index (χ0n) is 11.9. The Bertz CT molecular complexity index is 579. The molecule has 0 bridgehead atoms. The van der Waals surface area contributed by atoms with Crippen LogP contribution in [0.25, 0.3) is 0 Å². The van der Waals surface area contributed by atoms with Crippen LogP contribution in [0, 0.1) is 33.5 Å². The van der Waals surface area contributed by atoms with Gasteiger partial charge in [0.05, 0.1) is 0 Å². The average Bonchev–Trinajstić information content (AvgIpc) is 2.32. The molecule has 0 aliphatic carbocycles. The Hall–Kier alpha value is -1.83. The molecule has 19 heavy (non-hydrogen) atoms. The van der Waals surface area contributed by atoms with E-state index in [1.54, 1.807) is 6.07 Å². The smallest absolute Gasteiger partial charge is 0.126 e. The first-order valence-electron chi connectivity index (χ1n) is 6.43. The van der Waals surface area contributed by atoms with Crippen molar-refractivity contribution in [2.45, 2.75) is 34.3 Å². The number of hydrogen-bond acceptors (Lipinski definition) is 1. The van der Waals surface area contributed by atoms with Crippen LogP contribution in [0.5, 0.6) is 5.75 Å². The first-order valence-corrected chi connectivity index (χ1v) is 6.43. The van der Waals surface area contributed by atoms with Crippen LogP contribution in [0.1, 0.15) is 27.8 Å². The van der Waals surface area contributed by atoms with Crippen LogP contribution in [0.15, 0.2) is 30.3 Å². The third-order valence-electron chi connectivity index (χ3n) is 3.36. The van der Waals surface area contributed by atoms with Crippen LogP contribution in [-0.4, -0.2) is 0 Å². The molecule has 2 heteroatoms. The minimum absolute atomic E-state index is 0.266. The number of hydrogen-bond donors (Lipinski definition) is 0. The zero-order chi connectivity index (χ0) is 14.0. The van der Waals surface area contributed by atoms with Gasteiger partial charge in [-0.15, -0.1) is 0 Å². The molecule has 0 aliphatic rings. The summed E-state index contributed by atoms with van der Waals surface area (Å²) in [5, 5.41) is 0. The highest BCUT2D eigenvalue weighted by atomic mass is 19.1. The molecule has 100 valence electrons. The van der Waals surface area contributed by atoms with Crippen molar-refractivity contribution in [1.29, 1.82) is 0 Å². The Morgan fingerprint density at radius 2 is 1.53 bits per heavy atom. The van der Waals surface area contributed by atoms with E-state index in [1.165, 1.54) is 34.4 Å². The first kappa shape index (κ1) is 13.6. The predicted octanol–water partition coefficient (Wildman–Crippen LogP) is 4.64. The second-order valence-corrected chi connectivity index (χ2v) is 5.08. The SMILES string of the molecule is Cc1cc(C)c(COc2cc(F)ccc2C)c(C)c1. The van der Waals surface area contributed by atoms with Crippen LogP contribution in [0.3, 0.4) is 0 Å². The summed E-state index contributed by atoms with van der Waals surface area (Å²) in [4.78, 5) is 0. The molecule has 0 saturated carbocycles. The standard InChI is InChI=1S/C17H19FO/c1-11-7-13(3)16(14(4)8-11)10-19-17-9-15(18)6-5-12(17)2/h5-9H,10H2,1-4H3. The van der Waals surface area contributed by atoms with Crippen molar-refractivity contribution in [3.8, 4) is 5.75 Å². The maximum Gasteiger partial charge on any atom is 0.126 e. The Balaban J connectivity index is 2.21. The van der Waals surface area contributed by atoms with Crippen molar-refractivity contribution in [2.75, 3.05) is 0 Å². The van der Waals surface area contributed by atoms with Crippen LogP contribution >= 0.6 is 0 Å². The molecule has 2 aromatic rings. The Labute approximate surface area is 114 Å². The molecule has 0 saturated heterocycles. The molecule has 2 aromatic carbocycles. The number of benzene rings is 2. The summed E-state index contributed by atoms with van der Waals surface area (Å²) >= 11 is 0. The molecule has 0 unspecified atom stereocenters. The van der Waals surface area contributed by atoms with Gasteiger partial charge in [-0.25, -0.2) is 4.39 Å². The van der Waals surface area contributed by atoms with Gasteiger partial charge < -0.3 is 4.74 Å². The van der Waals surface area contributed by atoms with E-state index in [4.69, 9.17) is 4.74 Å². The van der Waals surface area contributed by atoms with Gasteiger partial charge >= 0.3 is 0 Å². The third-order valence-corrected chi connectivity index (χ3v) is 3.36. The number of ether oxygens (including phenoxy) is 1. The second kappa shape index (κ2) is 5.43. The molecule has 0 aromatic heterocycles. The van der Waals surface area contributed by atoms with Gasteiger partial charge in [0, 0.05) is 6.07 Å². The largest absolute Gasteiger partial charge is 0.489 e. The summed E-state index contributed by atoms with van der Waals surface area (Å²) < 4.78 is 19.0. The zero-order valence-corrected chi connectivity index (χ0v) is 11.9. The fourth-order valence-corrected chi connectivity index (χ4v) is 2.32. The molecule has 1 nitrogen and oxygen atoms in total. The van der Waals surface area contributed by atoms with E-state index >= 15 is 0 Å². The maximum atomic E-state index is 13.2. The molecule has 0 aliphatic heterocycles. The minimum Gasteiger partial charge on any atom is -0.489 e. The van der Waals surface area contributed by atoms with E-state index < -0.39 is 0 Å². The normalized spacial score (nSPS) is 10.6. The van der Waals surface area contributed by atoms with Crippen LogP contribution in [-0.2, 0) is 6.61 Å². The van der Waals surface area contributed by atoms with Crippen molar-refractivity contribution in [2.24, 2.45) is 0 Å². The predicted molar refractivity (Wildman–Crippen MR) is 76.1 cm³/mol. The Morgan fingerprint density at radius 1 is 0.895 bits per heavy atom. The fraction of sp³-hybridized carbons (Fsp3) is 0.294. The molecular weight excluding hydrogens is 239 g/mol. The van der Waals surface area contributed by atoms with Gasteiger partial charge in [-0.3, -0.25) is 0 Å². The van der Waals surface area contributed by atoms with E-state index in [9.17, 15) is 4.39 Å². The summed E-state index contributed by atoms with van der Waals surface area (Å²) in [5.74, 6) is 0.345. The van der Waals surface area contributed by atoms with Crippen LogP contribution in [0.4, 0.5) is 4.39 Å². The number of rotatable bonds is 3. The van der Waals surface area contributed by atoms with E-state index in [1.807, 2.05) is 6.92 Å². The van der Waals surface area contributed by atoms with Gasteiger partial charge in [-0.1, -0.05) is 23.8 Å². The molecule has 0 atom stereocenters. The van der Waals surface area contributed by atoms with E-state index in [0.29, 0.717) is 12.4 Å². The molecule has 0 fully saturated rings. The monoisotopic (exact) mass is 258 g/mol. The summed E-state index contributed by atoms with van der Waals surface area (Å²) in [6.45, 7) is 8.64. The Kier molecular flexibility index (Phi) is 3.89. The third kappa shape index (κ3) is 3.14. The topological polar surface area (TPSA) is 9.23 Å². The fourth-order valence-electron chi connectivity index (χ4n) is 2.32. The molecular formula is C17H19FO. The van der Waals surface area contributed by atoms with E-state index in [-0.39, 0.29) is 5.82 Å². The molecule has 0 N–H and O–H groups in total. The summed E-state index contributed by atoms with van der Waals surface area (Å²) in [5.41, 5.74) is 5.80. The van der Waals surface area contributed by atoms with Crippen LogP contribution in [0.2, 0.25) is 0 Å². The maximum absolute atomic E-state index is 13.2. The minimum atomic E-state index is -0.266. The summed E-state index contributed by atoms with van der Waals surface area (Å²) in [6.07, 6.45) is 0. The molecule has 2 rings (SSSR count). The van der Waals surface area contributed by atoms with Gasteiger partial charge in [0.1, 0.15) is 18.2 Å². The average molecular weight is 258 g/mol. The highest BCUT2D eigenvalue weighted by Crippen LogP contribution is 2.22. The van der Waals surface area contributed by atoms with E-state index in [2.05, 4.69) is 32.9 Å². The lowest BCUT2D eigenvalue weighted by atomic mass is 10.0. The van der Waals surface area contributed by atoms with Crippen molar-refractivity contribution >= 4 is 0 Å². The van der Waals surface area contributed by atoms with Gasteiger partial charge in [-0.2, -0.15) is 0 Å². The van der Waals surface area contributed by atoms with Gasteiger partial charge in [0.25, 0.3) is 0 Å². The lowest BCUT2D eigenvalue weighted by molar-refractivity contribution is 0.301. The van der Waals surface area contributed by atoms with E-state index in [0.717, 1.165) is 5.56 Å². The summed E-state index contributed by atoms with van der Waals surface area (Å²) in [7, 11) is 0. The van der Waals surface area contributed by atoms with Crippen molar-refractivity contribution in [3.05, 3.63) is 64.0 Å². The van der Waals surface area contributed by atoms with Crippen molar-refractivity contribution < 1.29 is 9.13 Å².